The second-order valence-electron chi connectivity index (χ2n) is 7.50. The Morgan fingerprint density at radius 1 is 1.22 bits per heavy atom. The average molecular weight is 323 g/mol. The molecule has 2 amide bonds. The third-order valence-corrected chi connectivity index (χ3v) is 4.88. The highest BCUT2D eigenvalue weighted by atomic mass is 16.3. The summed E-state index contributed by atoms with van der Waals surface area (Å²) >= 11 is 0. The SMILES string of the molecule is C[C@@H]1C[C@@H]([C@H](O)CC2CC(=O)NC(=O)C2)/C(=N/N(C)C)[C@@H](C)C1. The molecule has 1 heterocycles. The van der Waals surface area contributed by atoms with Crippen molar-refractivity contribution >= 4 is 17.5 Å². The lowest BCUT2D eigenvalue weighted by Crippen LogP contribution is -2.43. The number of nitrogens with one attached hydrogen (secondary N) is 1. The van der Waals surface area contributed by atoms with Crippen molar-refractivity contribution in [2.24, 2.45) is 28.8 Å². The standard InChI is InChI=1S/C17H29N3O3/c1-10-5-11(2)17(19-20(3)4)13(6-10)14(21)7-12-8-15(22)18-16(23)9-12/h10-14,21H,5-9H2,1-4H3,(H,18,22,23)/b19-17+/t10-,11-,13-,14+/m0/s1. The molecule has 0 bridgehead atoms. The molecule has 2 rings (SSSR count). The summed E-state index contributed by atoms with van der Waals surface area (Å²) in [6.07, 6.45) is 2.56. The third-order valence-electron chi connectivity index (χ3n) is 4.88. The van der Waals surface area contributed by atoms with Gasteiger partial charge in [-0.15, -0.1) is 0 Å². The third kappa shape index (κ3) is 4.77. The smallest absolute Gasteiger partial charge is 0.226 e. The number of rotatable bonds is 4. The van der Waals surface area contributed by atoms with Crippen LogP contribution in [0.5, 0.6) is 0 Å². The van der Waals surface area contributed by atoms with Gasteiger partial charge in [0.1, 0.15) is 0 Å². The molecule has 0 aromatic rings. The number of piperidine rings is 1. The summed E-state index contributed by atoms with van der Waals surface area (Å²) < 4.78 is 0. The summed E-state index contributed by atoms with van der Waals surface area (Å²) in [4.78, 5) is 23.0. The molecule has 2 aliphatic rings. The largest absolute Gasteiger partial charge is 0.392 e. The summed E-state index contributed by atoms with van der Waals surface area (Å²) in [5.74, 6) is 0.367. The van der Waals surface area contributed by atoms with E-state index in [4.69, 9.17) is 0 Å². The Bertz CT molecular complexity index is 473. The summed E-state index contributed by atoms with van der Waals surface area (Å²) in [7, 11) is 3.79. The molecule has 130 valence electrons. The number of hydrogen-bond acceptors (Lipinski definition) is 5. The zero-order chi connectivity index (χ0) is 17.1. The number of amides is 2. The first kappa shape index (κ1) is 17.9. The molecule has 0 aromatic heterocycles. The fourth-order valence-electron chi connectivity index (χ4n) is 4.02. The maximum Gasteiger partial charge on any atom is 0.226 e. The van der Waals surface area contributed by atoms with E-state index in [-0.39, 0.29) is 23.7 Å². The first-order chi connectivity index (χ1) is 10.8. The maximum atomic E-state index is 11.5. The minimum atomic E-state index is -0.553. The van der Waals surface area contributed by atoms with Crippen molar-refractivity contribution in [3.8, 4) is 0 Å². The van der Waals surface area contributed by atoms with Crippen LogP contribution in [0.1, 0.15) is 46.0 Å². The summed E-state index contributed by atoms with van der Waals surface area (Å²) in [5.41, 5.74) is 1.05. The number of nitrogens with zero attached hydrogens (tertiary/aromatic N) is 2. The van der Waals surface area contributed by atoms with Crippen molar-refractivity contribution in [3.63, 3.8) is 0 Å². The molecule has 0 radical (unpaired) electrons. The monoisotopic (exact) mass is 323 g/mol. The fraction of sp³-hybridized carbons (Fsp3) is 0.824. The summed E-state index contributed by atoms with van der Waals surface area (Å²) in [5, 5.41) is 19.5. The molecule has 6 nitrogen and oxygen atoms in total. The van der Waals surface area contributed by atoms with Crippen LogP contribution in [0.4, 0.5) is 0 Å². The second kappa shape index (κ2) is 7.43. The van der Waals surface area contributed by atoms with Gasteiger partial charge in [-0.3, -0.25) is 14.9 Å². The van der Waals surface area contributed by atoms with E-state index in [1.54, 1.807) is 5.01 Å². The summed E-state index contributed by atoms with van der Waals surface area (Å²) in [6, 6.07) is 0. The average Bonchev–Trinajstić information content (AvgIpc) is 2.39. The predicted molar refractivity (Wildman–Crippen MR) is 88.7 cm³/mol. The van der Waals surface area contributed by atoms with Crippen LogP contribution in [0.25, 0.3) is 0 Å². The minimum Gasteiger partial charge on any atom is -0.392 e. The molecular weight excluding hydrogens is 294 g/mol. The van der Waals surface area contributed by atoms with E-state index in [9.17, 15) is 14.7 Å². The topological polar surface area (TPSA) is 82.0 Å². The Balaban J connectivity index is 2.09. The van der Waals surface area contributed by atoms with Gasteiger partial charge in [-0.2, -0.15) is 5.10 Å². The van der Waals surface area contributed by atoms with Gasteiger partial charge in [0.2, 0.25) is 11.8 Å². The lowest BCUT2D eigenvalue weighted by atomic mass is 9.71. The Hall–Kier alpha value is -1.43. The highest BCUT2D eigenvalue weighted by Gasteiger charge is 2.37. The van der Waals surface area contributed by atoms with Crippen molar-refractivity contribution in [3.05, 3.63) is 0 Å². The normalized spacial score (nSPS) is 32.7. The van der Waals surface area contributed by atoms with Gasteiger partial charge in [0.25, 0.3) is 0 Å². The number of hydrogen-bond donors (Lipinski definition) is 2. The van der Waals surface area contributed by atoms with Crippen LogP contribution in [0.15, 0.2) is 5.10 Å². The Kier molecular flexibility index (Phi) is 5.79. The number of aliphatic hydroxyl groups is 1. The Morgan fingerprint density at radius 3 is 2.39 bits per heavy atom. The molecule has 1 aliphatic carbocycles. The van der Waals surface area contributed by atoms with Crippen LogP contribution < -0.4 is 5.32 Å². The van der Waals surface area contributed by atoms with Crippen molar-refractivity contribution in [1.82, 2.24) is 10.3 Å². The predicted octanol–water partition coefficient (Wildman–Crippen LogP) is 1.39. The zero-order valence-electron chi connectivity index (χ0n) is 14.6. The molecular formula is C17H29N3O3. The molecule has 2 N–H and O–H groups in total. The van der Waals surface area contributed by atoms with Crippen LogP contribution >= 0.6 is 0 Å². The van der Waals surface area contributed by atoms with Gasteiger partial charge in [0, 0.05) is 38.6 Å². The van der Waals surface area contributed by atoms with Gasteiger partial charge in [0.05, 0.1) is 6.10 Å². The maximum absolute atomic E-state index is 11.5. The molecule has 1 saturated heterocycles. The number of carbonyl (C=O) groups excluding carboxylic acids is 2. The molecule has 0 spiro atoms. The lowest BCUT2D eigenvalue weighted by Gasteiger charge is -2.37. The minimum absolute atomic E-state index is 0.0104. The van der Waals surface area contributed by atoms with Crippen molar-refractivity contribution in [2.45, 2.75) is 52.1 Å². The van der Waals surface area contributed by atoms with Crippen LogP contribution in [-0.4, -0.2) is 47.8 Å². The van der Waals surface area contributed by atoms with E-state index in [0.29, 0.717) is 31.1 Å². The van der Waals surface area contributed by atoms with Gasteiger partial charge < -0.3 is 10.1 Å². The molecule has 6 heteroatoms. The van der Waals surface area contributed by atoms with Gasteiger partial charge in [0.15, 0.2) is 0 Å². The molecule has 23 heavy (non-hydrogen) atoms. The molecule has 0 unspecified atom stereocenters. The Morgan fingerprint density at radius 2 is 1.83 bits per heavy atom. The van der Waals surface area contributed by atoms with Gasteiger partial charge >= 0.3 is 0 Å². The van der Waals surface area contributed by atoms with E-state index in [1.165, 1.54) is 0 Å². The van der Waals surface area contributed by atoms with Gasteiger partial charge in [-0.1, -0.05) is 13.8 Å². The van der Waals surface area contributed by atoms with E-state index < -0.39 is 6.10 Å². The molecule has 4 atom stereocenters. The molecule has 2 fully saturated rings. The molecule has 0 aromatic carbocycles. The molecule has 1 saturated carbocycles. The van der Waals surface area contributed by atoms with Gasteiger partial charge in [-0.05, 0) is 37.0 Å². The number of imide groups is 1. The number of aliphatic hydroxyl groups excluding tert-OH is 1. The van der Waals surface area contributed by atoms with Crippen molar-refractivity contribution in [2.75, 3.05) is 14.1 Å². The van der Waals surface area contributed by atoms with E-state index in [0.717, 1.165) is 18.6 Å². The van der Waals surface area contributed by atoms with Crippen molar-refractivity contribution < 1.29 is 14.7 Å². The van der Waals surface area contributed by atoms with Gasteiger partial charge in [-0.25, -0.2) is 0 Å². The lowest BCUT2D eigenvalue weighted by molar-refractivity contribution is -0.135. The highest BCUT2D eigenvalue weighted by molar-refractivity contribution is 5.97. The Labute approximate surface area is 138 Å². The van der Waals surface area contributed by atoms with E-state index in [2.05, 4.69) is 24.3 Å². The van der Waals surface area contributed by atoms with Crippen LogP contribution in [0, 0.1) is 23.7 Å². The molecule has 1 aliphatic heterocycles. The fourth-order valence-corrected chi connectivity index (χ4v) is 4.02. The van der Waals surface area contributed by atoms with Crippen LogP contribution in [-0.2, 0) is 9.59 Å². The van der Waals surface area contributed by atoms with Crippen molar-refractivity contribution in [1.29, 1.82) is 0 Å². The van der Waals surface area contributed by atoms with Crippen LogP contribution in [0.2, 0.25) is 0 Å². The van der Waals surface area contributed by atoms with Crippen LogP contribution in [0.3, 0.4) is 0 Å². The number of carbonyl (C=O) groups is 2. The first-order valence-corrected chi connectivity index (χ1v) is 8.52. The second-order valence-corrected chi connectivity index (χ2v) is 7.50. The van der Waals surface area contributed by atoms with E-state index >= 15 is 0 Å². The summed E-state index contributed by atoms with van der Waals surface area (Å²) in [6.45, 7) is 4.37. The zero-order valence-corrected chi connectivity index (χ0v) is 14.6. The quantitative estimate of drug-likeness (QED) is 0.605. The first-order valence-electron chi connectivity index (χ1n) is 8.52. The highest BCUT2D eigenvalue weighted by Crippen LogP contribution is 2.35. The van der Waals surface area contributed by atoms with E-state index in [1.807, 2.05) is 14.1 Å². The number of hydrazone groups is 1.